The fourth-order valence-corrected chi connectivity index (χ4v) is 3.57. The van der Waals surface area contributed by atoms with E-state index >= 15 is 0 Å². The molecule has 4 nitrogen and oxygen atoms in total. The van der Waals surface area contributed by atoms with E-state index < -0.39 is 0 Å². The van der Waals surface area contributed by atoms with Gasteiger partial charge in [0.1, 0.15) is 5.75 Å². The molecule has 1 fully saturated rings. The zero-order valence-corrected chi connectivity index (χ0v) is 16.2. The summed E-state index contributed by atoms with van der Waals surface area (Å²) in [5.41, 5.74) is 2.33. The molecule has 1 N–H and O–H groups in total. The Balaban J connectivity index is 1.42. The molecule has 1 aliphatic rings. The van der Waals surface area contributed by atoms with Crippen molar-refractivity contribution in [1.82, 2.24) is 10.2 Å². The predicted molar refractivity (Wildman–Crippen MR) is 109 cm³/mol. The lowest BCUT2D eigenvalue weighted by Crippen LogP contribution is -2.34. The van der Waals surface area contributed by atoms with Gasteiger partial charge in [0.15, 0.2) is 6.61 Å². The first-order valence-corrected chi connectivity index (χ1v) is 9.90. The van der Waals surface area contributed by atoms with Crippen molar-refractivity contribution < 1.29 is 9.53 Å². The Morgan fingerprint density at radius 1 is 1.07 bits per heavy atom. The smallest absolute Gasteiger partial charge is 0.257 e. The Kier molecular flexibility index (Phi) is 7.28. The first kappa shape index (κ1) is 19.4. The highest BCUT2D eigenvalue weighted by Gasteiger charge is 2.16. The summed E-state index contributed by atoms with van der Waals surface area (Å²) in [4.78, 5) is 14.5. The first-order chi connectivity index (χ1) is 13.2. The van der Waals surface area contributed by atoms with Crippen LogP contribution in [0.15, 0.2) is 54.6 Å². The number of benzene rings is 2. The third kappa shape index (κ3) is 6.40. The van der Waals surface area contributed by atoms with Crippen LogP contribution in [0.25, 0.3) is 0 Å². The van der Waals surface area contributed by atoms with Crippen molar-refractivity contribution in [3.8, 4) is 5.75 Å². The zero-order chi connectivity index (χ0) is 18.9. The van der Waals surface area contributed by atoms with Gasteiger partial charge in [-0.2, -0.15) is 0 Å². The summed E-state index contributed by atoms with van der Waals surface area (Å²) < 4.78 is 5.81. The normalized spacial score (nSPS) is 15.4. The zero-order valence-electron chi connectivity index (χ0n) is 16.2. The number of amides is 1. The molecule has 4 heteroatoms. The lowest BCUT2D eigenvalue weighted by Gasteiger charge is -2.28. The van der Waals surface area contributed by atoms with Crippen LogP contribution in [0, 0.1) is 5.92 Å². The van der Waals surface area contributed by atoms with E-state index in [0.717, 1.165) is 36.6 Å². The highest BCUT2D eigenvalue weighted by Crippen LogP contribution is 2.21. The second-order valence-corrected chi connectivity index (χ2v) is 7.44. The molecule has 27 heavy (non-hydrogen) atoms. The molecule has 0 saturated carbocycles. The Morgan fingerprint density at radius 2 is 1.78 bits per heavy atom. The molecule has 3 rings (SSSR count). The van der Waals surface area contributed by atoms with E-state index in [0.29, 0.717) is 0 Å². The maximum atomic E-state index is 12.1. The van der Waals surface area contributed by atoms with Gasteiger partial charge >= 0.3 is 0 Å². The summed E-state index contributed by atoms with van der Waals surface area (Å²) in [6, 6.07) is 18.2. The molecule has 0 radical (unpaired) electrons. The van der Waals surface area contributed by atoms with E-state index in [2.05, 4.69) is 35.5 Å². The third-order valence-electron chi connectivity index (χ3n) is 5.28. The standard InChI is InChI=1S/C23H30N2O2/c1-25-15-12-19(13-16-25)11-14-24-23(26)18-27-22-10-6-5-9-21(22)17-20-7-3-2-4-8-20/h2-10,19H,11-18H2,1H3,(H,24,26). The van der Waals surface area contributed by atoms with Gasteiger partial charge in [-0.3, -0.25) is 4.79 Å². The van der Waals surface area contributed by atoms with Crippen LogP contribution in [0.4, 0.5) is 0 Å². The molecule has 1 saturated heterocycles. The monoisotopic (exact) mass is 366 g/mol. The van der Waals surface area contributed by atoms with Crippen molar-refractivity contribution in [2.45, 2.75) is 25.7 Å². The molecular formula is C23H30N2O2. The summed E-state index contributed by atoms with van der Waals surface area (Å²) in [6.07, 6.45) is 4.32. The average Bonchev–Trinajstić information content (AvgIpc) is 2.70. The Hall–Kier alpha value is -2.33. The van der Waals surface area contributed by atoms with Crippen LogP contribution in [0.1, 0.15) is 30.4 Å². The fourth-order valence-electron chi connectivity index (χ4n) is 3.57. The molecule has 0 bridgehead atoms. The van der Waals surface area contributed by atoms with Crippen molar-refractivity contribution in [3.63, 3.8) is 0 Å². The number of likely N-dealkylation sites (tertiary alicyclic amines) is 1. The Morgan fingerprint density at radius 3 is 2.56 bits per heavy atom. The summed E-state index contributed by atoms with van der Waals surface area (Å²) in [5.74, 6) is 1.47. The van der Waals surface area contributed by atoms with Gasteiger partial charge in [-0.05, 0) is 62.5 Å². The first-order valence-electron chi connectivity index (χ1n) is 9.90. The Labute approximate surface area is 162 Å². The molecule has 2 aromatic carbocycles. The topological polar surface area (TPSA) is 41.6 Å². The van der Waals surface area contributed by atoms with Crippen molar-refractivity contribution in [2.24, 2.45) is 5.92 Å². The van der Waals surface area contributed by atoms with Gasteiger partial charge in [0.05, 0.1) is 0 Å². The largest absolute Gasteiger partial charge is 0.483 e. The van der Waals surface area contributed by atoms with E-state index in [1.807, 2.05) is 36.4 Å². The van der Waals surface area contributed by atoms with Crippen molar-refractivity contribution >= 4 is 5.91 Å². The second kappa shape index (κ2) is 10.1. The third-order valence-corrected chi connectivity index (χ3v) is 5.28. The molecule has 0 atom stereocenters. The minimum atomic E-state index is -0.0440. The number of hydrogen-bond acceptors (Lipinski definition) is 3. The number of nitrogens with one attached hydrogen (secondary N) is 1. The molecule has 144 valence electrons. The predicted octanol–water partition coefficient (Wildman–Crippen LogP) is 3.50. The van der Waals surface area contributed by atoms with E-state index in [1.54, 1.807) is 0 Å². The summed E-state index contributed by atoms with van der Waals surface area (Å²) in [6.45, 7) is 3.14. The van der Waals surface area contributed by atoms with Gasteiger partial charge in [0.2, 0.25) is 0 Å². The van der Waals surface area contributed by atoms with Gasteiger partial charge < -0.3 is 15.0 Å². The number of nitrogens with zero attached hydrogens (tertiary/aromatic N) is 1. The van der Waals surface area contributed by atoms with Crippen molar-refractivity contribution in [3.05, 3.63) is 65.7 Å². The minimum absolute atomic E-state index is 0.0440. The van der Waals surface area contributed by atoms with Crippen LogP contribution >= 0.6 is 0 Å². The number of rotatable bonds is 8. The molecule has 1 heterocycles. The lowest BCUT2D eigenvalue weighted by molar-refractivity contribution is -0.123. The maximum Gasteiger partial charge on any atom is 0.257 e. The molecule has 0 spiro atoms. The van der Waals surface area contributed by atoms with Crippen LogP contribution in [0.5, 0.6) is 5.75 Å². The fraction of sp³-hybridized carbons (Fsp3) is 0.435. The van der Waals surface area contributed by atoms with Crippen molar-refractivity contribution in [1.29, 1.82) is 0 Å². The van der Waals surface area contributed by atoms with Crippen LogP contribution in [0.3, 0.4) is 0 Å². The van der Waals surface area contributed by atoms with E-state index in [9.17, 15) is 4.79 Å². The maximum absolute atomic E-state index is 12.1. The minimum Gasteiger partial charge on any atom is -0.483 e. The highest BCUT2D eigenvalue weighted by atomic mass is 16.5. The average molecular weight is 367 g/mol. The summed E-state index contributed by atoms with van der Waals surface area (Å²) >= 11 is 0. The van der Waals surface area contributed by atoms with E-state index in [1.165, 1.54) is 31.5 Å². The lowest BCUT2D eigenvalue weighted by atomic mass is 9.94. The number of carbonyl (C=O) groups excluding carboxylic acids is 1. The quantitative estimate of drug-likeness (QED) is 0.777. The summed E-state index contributed by atoms with van der Waals surface area (Å²) in [7, 11) is 2.17. The highest BCUT2D eigenvalue weighted by molar-refractivity contribution is 5.77. The van der Waals surface area contributed by atoms with Crippen LogP contribution in [0.2, 0.25) is 0 Å². The van der Waals surface area contributed by atoms with E-state index in [-0.39, 0.29) is 12.5 Å². The number of piperidine rings is 1. The molecule has 2 aromatic rings. The number of ether oxygens (including phenoxy) is 1. The molecule has 1 aliphatic heterocycles. The molecule has 0 aliphatic carbocycles. The van der Waals surface area contributed by atoms with Gasteiger partial charge in [-0.15, -0.1) is 0 Å². The molecule has 0 unspecified atom stereocenters. The summed E-state index contributed by atoms with van der Waals surface area (Å²) in [5, 5.41) is 3.00. The number of hydrogen-bond donors (Lipinski definition) is 1. The SMILES string of the molecule is CN1CCC(CCNC(=O)COc2ccccc2Cc2ccccc2)CC1. The van der Waals surface area contributed by atoms with Crippen LogP contribution in [-0.4, -0.2) is 44.1 Å². The van der Waals surface area contributed by atoms with Crippen LogP contribution < -0.4 is 10.1 Å². The van der Waals surface area contributed by atoms with Gasteiger partial charge in [-0.25, -0.2) is 0 Å². The molecular weight excluding hydrogens is 336 g/mol. The second-order valence-electron chi connectivity index (χ2n) is 7.44. The van der Waals surface area contributed by atoms with Crippen LogP contribution in [-0.2, 0) is 11.2 Å². The van der Waals surface area contributed by atoms with Gasteiger partial charge in [0, 0.05) is 13.0 Å². The van der Waals surface area contributed by atoms with Gasteiger partial charge in [0.25, 0.3) is 5.91 Å². The Bertz CT molecular complexity index is 709. The molecule has 0 aromatic heterocycles. The van der Waals surface area contributed by atoms with Crippen molar-refractivity contribution in [2.75, 3.05) is 33.3 Å². The van der Waals surface area contributed by atoms with E-state index in [4.69, 9.17) is 4.74 Å². The molecule has 1 amide bonds. The van der Waals surface area contributed by atoms with Gasteiger partial charge in [-0.1, -0.05) is 48.5 Å². The number of para-hydroxylation sites is 1. The number of carbonyl (C=O) groups is 1.